The molecule has 0 aliphatic carbocycles. The topological polar surface area (TPSA) is 49.4 Å². The quantitative estimate of drug-likeness (QED) is 0.899. The Morgan fingerprint density at radius 3 is 2.50 bits per heavy atom. The van der Waals surface area contributed by atoms with Crippen molar-refractivity contribution in [2.24, 2.45) is 0 Å². The fourth-order valence-electron chi connectivity index (χ4n) is 2.47. The van der Waals surface area contributed by atoms with Gasteiger partial charge in [-0.05, 0) is 51.1 Å². The first-order chi connectivity index (χ1) is 9.38. The molecule has 0 amide bonds. The van der Waals surface area contributed by atoms with E-state index in [1.54, 1.807) is 0 Å². The molecular weight excluding hydrogens is 319 g/mol. The van der Waals surface area contributed by atoms with E-state index in [2.05, 4.69) is 16.7 Å². The Kier molecular flexibility index (Phi) is 5.31. The van der Waals surface area contributed by atoms with Gasteiger partial charge in [0, 0.05) is 22.6 Å². The second-order valence-electron chi connectivity index (χ2n) is 5.07. The van der Waals surface area contributed by atoms with Crippen LogP contribution < -0.4 is 4.72 Å². The van der Waals surface area contributed by atoms with Gasteiger partial charge in [-0.25, -0.2) is 13.1 Å². The molecule has 0 spiro atoms. The molecule has 20 heavy (non-hydrogen) atoms. The van der Waals surface area contributed by atoms with Crippen molar-refractivity contribution in [1.29, 1.82) is 0 Å². The van der Waals surface area contributed by atoms with Crippen LogP contribution in [0.5, 0.6) is 0 Å². The smallest absolute Gasteiger partial charge is 0.240 e. The van der Waals surface area contributed by atoms with Crippen LogP contribution >= 0.6 is 23.2 Å². The third-order valence-electron chi connectivity index (χ3n) is 3.59. The average molecular weight is 337 g/mol. The molecule has 1 aliphatic rings. The minimum atomic E-state index is -3.55. The Bertz CT molecular complexity index is 557. The van der Waals surface area contributed by atoms with Gasteiger partial charge in [-0.2, -0.15) is 0 Å². The zero-order valence-corrected chi connectivity index (χ0v) is 13.6. The lowest BCUT2D eigenvalue weighted by Gasteiger charge is -2.19. The summed E-state index contributed by atoms with van der Waals surface area (Å²) < 4.78 is 26.9. The fraction of sp³-hybridized carbons (Fsp3) is 0.538. The number of hydrogen-bond acceptors (Lipinski definition) is 3. The van der Waals surface area contributed by atoms with E-state index in [4.69, 9.17) is 23.2 Å². The molecule has 1 N–H and O–H groups in total. The summed E-state index contributed by atoms with van der Waals surface area (Å²) in [6, 6.07) is 4.77. The Hall–Kier alpha value is -0.330. The number of nitrogens with one attached hydrogen (secondary N) is 1. The average Bonchev–Trinajstić information content (AvgIpc) is 2.74. The first-order valence-electron chi connectivity index (χ1n) is 6.54. The van der Waals surface area contributed by atoms with Crippen LogP contribution in [-0.2, 0) is 10.0 Å². The van der Waals surface area contributed by atoms with E-state index in [0.29, 0.717) is 22.6 Å². The number of hydrogen-bond donors (Lipinski definition) is 1. The Morgan fingerprint density at radius 1 is 1.30 bits per heavy atom. The van der Waals surface area contributed by atoms with Crippen molar-refractivity contribution >= 4 is 33.2 Å². The van der Waals surface area contributed by atoms with Crippen molar-refractivity contribution in [1.82, 2.24) is 9.62 Å². The van der Waals surface area contributed by atoms with Gasteiger partial charge in [-0.3, -0.25) is 0 Å². The first-order valence-corrected chi connectivity index (χ1v) is 8.78. The molecule has 1 heterocycles. The number of sulfonamides is 1. The maximum atomic E-state index is 12.1. The van der Waals surface area contributed by atoms with Gasteiger partial charge < -0.3 is 4.90 Å². The molecule has 0 aromatic heterocycles. The molecule has 0 bridgehead atoms. The number of benzene rings is 1. The first kappa shape index (κ1) is 16.0. The third-order valence-corrected chi connectivity index (χ3v) is 5.46. The standard InChI is InChI=1S/C13H18Cl2N2O2S/c1-17-6-2-3-12(17)4-5-16-20(18,19)13-8-10(14)7-11(15)9-13/h7-9,12,16H,2-6H2,1H3. The van der Waals surface area contributed by atoms with Crippen LogP contribution in [0.2, 0.25) is 10.0 Å². The fourth-order valence-corrected chi connectivity index (χ4v) is 4.24. The van der Waals surface area contributed by atoms with Crippen molar-refractivity contribution < 1.29 is 8.42 Å². The summed E-state index contributed by atoms with van der Waals surface area (Å²) in [5.41, 5.74) is 0. The van der Waals surface area contributed by atoms with Crippen LogP contribution in [0.3, 0.4) is 0 Å². The molecule has 1 aromatic carbocycles. The van der Waals surface area contributed by atoms with E-state index >= 15 is 0 Å². The third kappa shape index (κ3) is 4.09. The molecular formula is C13H18Cl2N2O2S. The highest BCUT2D eigenvalue weighted by Gasteiger charge is 2.21. The van der Waals surface area contributed by atoms with Crippen molar-refractivity contribution in [2.45, 2.75) is 30.2 Å². The number of likely N-dealkylation sites (tertiary alicyclic amines) is 1. The van der Waals surface area contributed by atoms with Crippen molar-refractivity contribution in [3.05, 3.63) is 28.2 Å². The highest BCUT2D eigenvalue weighted by Crippen LogP contribution is 2.22. The predicted molar refractivity (Wildman–Crippen MR) is 81.9 cm³/mol. The molecule has 2 rings (SSSR count). The van der Waals surface area contributed by atoms with Crippen LogP contribution in [0.4, 0.5) is 0 Å². The SMILES string of the molecule is CN1CCCC1CCNS(=O)(=O)c1cc(Cl)cc(Cl)c1. The zero-order valence-electron chi connectivity index (χ0n) is 11.3. The predicted octanol–water partition coefficient (Wildman–Crippen LogP) is 2.76. The Balaban J connectivity index is 1.97. The molecule has 1 aromatic rings. The Morgan fingerprint density at radius 2 is 1.95 bits per heavy atom. The van der Waals surface area contributed by atoms with E-state index in [1.807, 2.05) is 0 Å². The summed E-state index contributed by atoms with van der Waals surface area (Å²) in [6.07, 6.45) is 3.11. The van der Waals surface area contributed by atoms with Crippen LogP contribution in [0.25, 0.3) is 0 Å². The van der Waals surface area contributed by atoms with Gasteiger partial charge in [-0.1, -0.05) is 23.2 Å². The van der Waals surface area contributed by atoms with E-state index in [1.165, 1.54) is 24.6 Å². The maximum absolute atomic E-state index is 12.1. The van der Waals surface area contributed by atoms with Crippen molar-refractivity contribution in [3.63, 3.8) is 0 Å². The zero-order chi connectivity index (χ0) is 14.8. The lowest BCUT2D eigenvalue weighted by molar-refractivity contribution is 0.297. The summed E-state index contributed by atoms with van der Waals surface area (Å²) in [4.78, 5) is 2.37. The normalized spacial score (nSPS) is 20.4. The maximum Gasteiger partial charge on any atom is 0.240 e. The molecule has 1 aliphatic heterocycles. The summed E-state index contributed by atoms with van der Waals surface area (Å²) in [5.74, 6) is 0. The van der Waals surface area contributed by atoms with Crippen LogP contribution in [-0.4, -0.2) is 39.5 Å². The molecule has 0 saturated carbocycles. The number of nitrogens with zero attached hydrogens (tertiary/aromatic N) is 1. The highest BCUT2D eigenvalue weighted by atomic mass is 35.5. The highest BCUT2D eigenvalue weighted by molar-refractivity contribution is 7.89. The second kappa shape index (κ2) is 6.62. The number of rotatable bonds is 5. The monoisotopic (exact) mass is 336 g/mol. The molecule has 0 radical (unpaired) electrons. The van der Waals surface area contributed by atoms with Crippen molar-refractivity contribution in [3.8, 4) is 0 Å². The van der Waals surface area contributed by atoms with Crippen LogP contribution in [0.15, 0.2) is 23.1 Å². The van der Waals surface area contributed by atoms with Crippen LogP contribution in [0, 0.1) is 0 Å². The molecule has 1 unspecified atom stereocenters. The largest absolute Gasteiger partial charge is 0.303 e. The van der Waals surface area contributed by atoms with Gasteiger partial charge in [0.05, 0.1) is 4.90 Å². The van der Waals surface area contributed by atoms with Gasteiger partial charge in [0.1, 0.15) is 0 Å². The van der Waals surface area contributed by atoms with Crippen molar-refractivity contribution in [2.75, 3.05) is 20.1 Å². The van der Waals surface area contributed by atoms with E-state index in [-0.39, 0.29) is 4.90 Å². The van der Waals surface area contributed by atoms with E-state index in [0.717, 1.165) is 19.4 Å². The minimum Gasteiger partial charge on any atom is -0.303 e. The van der Waals surface area contributed by atoms with E-state index < -0.39 is 10.0 Å². The summed E-state index contributed by atoms with van der Waals surface area (Å²) in [6.45, 7) is 1.50. The molecule has 1 atom stereocenters. The van der Waals surface area contributed by atoms with Gasteiger partial charge in [-0.15, -0.1) is 0 Å². The molecule has 7 heteroatoms. The van der Waals surface area contributed by atoms with E-state index in [9.17, 15) is 8.42 Å². The van der Waals surface area contributed by atoms with Gasteiger partial charge >= 0.3 is 0 Å². The molecule has 1 saturated heterocycles. The summed E-state index contributed by atoms with van der Waals surface area (Å²) >= 11 is 11.7. The molecule has 112 valence electrons. The van der Waals surface area contributed by atoms with Gasteiger partial charge in [0.15, 0.2) is 0 Å². The summed E-state index contributed by atoms with van der Waals surface area (Å²) in [7, 11) is -1.48. The van der Waals surface area contributed by atoms with Gasteiger partial charge in [0.2, 0.25) is 10.0 Å². The number of halogens is 2. The minimum absolute atomic E-state index is 0.106. The molecule has 1 fully saturated rings. The lowest BCUT2D eigenvalue weighted by Crippen LogP contribution is -2.31. The second-order valence-corrected chi connectivity index (χ2v) is 7.71. The van der Waals surface area contributed by atoms with Crippen LogP contribution in [0.1, 0.15) is 19.3 Å². The van der Waals surface area contributed by atoms with Gasteiger partial charge in [0.25, 0.3) is 0 Å². The summed E-state index contributed by atoms with van der Waals surface area (Å²) in [5, 5.41) is 0.627. The Labute approximate surface area is 130 Å². The molecule has 4 nitrogen and oxygen atoms in total. The lowest BCUT2D eigenvalue weighted by atomic mass is 10.1.